The van der Waals surface area contributed by atoms with Crippen LogP contribution in [0.3, 0.4) is 0 Å². The van der Waals surface area contributed by atoms with Gasteiger partial charge in [0.15, 0.2) is 4.90 Å². The maximum absolute atomic E-state index is 13.5. The summed E-state index contributed by atoms with van der Waals surface area (Å²) in [4.78, 5) is -1.20. The summed E-state index contributed by atoms with van der Waals surface area (Å²) in [6.07, 6.45) is 0.973. The van der Waals surface area contributed by atoms with Crippen LogP contribution in [0.1, 0.15) is 26.7 Å². The van der Waals surface area contributed by atoms with Crippen molar-refractivity contribution in [2.24, 2.45) is 5.73 Å². The van der Waals surface area contributed by atoms with E-state index in [1.54, 1.807) is 13.8 Å². The zero-order chi connectivity index (χ0) is 15.6. The molecule has 0 atom stereocenters. The second-order valence-corrected chi connectivity index (χ2v) is 6.30. The third-order valence-corrected chi connectivity index (χ3v) is 4.71. The van der Waals surface area contributed by atoms with Crippen molar-refractivity contribution in [3.8, 4) is 0 Å². The number of sulfonamides is 1. The van der Waals surface area contributed by atoms with Crippen molar-refractivity contribution in [1.29, 1.82) is 0 Å². The SMILES string of the molecule is CCC(N)(CC)CNS(=O)(=O)c1c(F)cc(F)cc1F.Cl. The number of benzene rings is 1. The Morgan fingerprint density at radius 2 is 1.57 bits per heavy atom. The van der Waals surface area contributed by atoms with Gasteiger partial charge in [-0.05, 0) is 12.8 Å². The fourth-order valence-electron chi connectivity index (χ4n) is 1.60. The van der Waals surface area contributed by atoms with Crippen LogP contribution in [0.15, 0.2) is 17.0 Å². The van der Waals surface area contributed by atoms with Gasteiger partial charge in [0.1, 0.15) is 17.5 Å². The van der Waals surface area contributed by atoms with Crippen molar-refractivity contribution in [3.05, 3.63) is 29.6 Å². The van der Waals surface area contributed by atoms with E-state index < -0.39 is 37.9 Å². The van der Waals surface area contributed by atoms with E-state index in [0.717, 1.165) is 0 Å². The molecule has 0 aliphatic heterocycles. The van der Waals surface area contributed by atoms with Crippen LogP contribution in [0.4, 0.5) is 13.2 Å². The highest BCUT2D eigenvalue weighted by Gasteiger charge is 2.28. The van der Waals surface area contributed by atoms with Gasteiger partial charge >= 0.3 is 0 Å². The fourth-order valence-corrected chi connectivity index (χ4v) is 2.85. The predicted octanol–water partition coefficient (Wildman–Crippen LogP) is 2.32. The van der Waals surface area contributed by atoms with Crippen LogP contribution in [0, 0.1) is 17.5 Å². The first-order valence-electron chi connectivity index (χ1n) is 6.08. The van der Waals surface area contributed by atoms with E-state index >= 15 is 0 Å². The Hall–Kier alpha value is -0.830. The molecule has 0 aromatic heterocycles. The van der Waals surface area contributed by atoms with Gasteiger partial charge in [-0.3, -0.25) is 0 Å². The molecule has 9 heteroatoms. The summed E-state index contributed by atoms with van der Waals surface area (Å²) < 4.78 is 65.5. The van der Waals surface area contributed by atoms with E-state index in [4.69, 9.17) is 5.73 Å². The van der Waals surface area contributed by atoms with Crippen LogP contribution >= 0.6 is 12.4 Å². The Bertz CT molecular complexity index is 569. The number of rotatable bonds is 6. The van der Waals surface area contributed by atoms with Crippen LogP contribution < -0.4 is 10.5 Å². The van der Waals surface area contributed by atoms with Crippen LogP contribution in [0.2, 0.25) is 0 Å². The maximum Gasteiger partial charge on any atom is 0.246 e. The molecule has 0 heterocycles. The largest absolute Gasteiger partial charge is 0.324 e. The van der Waals surface area contributed by atoms with Crippen molar-refractivity contribution < 1.29 is 21.6 Å². The average Bonchev–Trinajstić information content (AvgIpc) is 2.34. The van der Waals surface area contributed by atoms with Crippen molar-refractivity contribution in [2.45, 2.75) is 37.1 Å². The van der Waals surface area contributed by atoms with Gasteiger partial charge in [0.05, 0.1) is 0 Å². The molecular weight excluding hydrogens is 329 g/mol. The summed E-state index contributed by atoms with van der Waals surface area (Å²) in [5.74, 6) is -4.15. The summed E-state index contributed by atoms with van der Waals surface area (Å²) in [7, 11) is -4.44. The zero-order valence-electron chi connectivity index (χ0n) is 11.6. The average molecular weight is 347 g/mol. The van der Waals surface area contributed by atoms with Crippen molar-refractivity contribution >= 4 is 22.4 Å². The van der Waals surface area contributed by atoms with Crippen LogP contribution in [-0.4, -0.2) is 20.5 Å². The molecule has 1 aromatic rings. The molecule has 0 amide bonds. The summed E-state index contributed by atoms with van der Waals surface area (Å²) in [5.41, 5.74) is 5.10. The molecule has 0 radical (unpaired) electrons. The standard InChI is InChI=1S/C12H17F3N2O2S.ClH/c1-3-12(16,4-2)7-17-20(18,19)11-9(14)5-8(13)6-10(11)15;/h5-6,17H,3-4,7,16H2,1-2H3;1H. The van der Waals surface area contributed by atoms with Crippen LogP contribution in [-0.2, 0) is 10.0 Å². The molecule has 0 saturated carbocycles. The van der Waals surface area contributed by atoms with E-state index in [0.29, 0.717) is 25.0 Å². The van der Waals surface area contributed by atoms with E-state index in [1.807, 2.05) is 0 Å². The predicted molar refractivity (Wildman–Crippen MR) is 76.3 cm³/mol. The van der Waals surface area contributed by atoms with Gasteiger partial charge in [-0.1, -0.05) is 13.8 Å². The molecule has 1 rings (SSSR count). The summed E-state index contributed by atoms with van der Waals surface area (Å²) in [5, 5.41) is 0. The van der Waals surface area contributed by atoms with Gasteiger partial charge in [0.25, 0.3) is 0 Å². The van der Waals surface area contributed by atoms with Gasteiger partial charge in [-0.15, -0.1) is 12.4 Å². The minimum Gasteiger partial charge on any atom is -0.324 e. The highest BCUT2D eigenvalue weighted by molar-refractivity contribution is 7.89. The topological polar surface area (TPSA) is 72.2 Å². The minimum absolute atomic E-state index is 0. The molecule has 122 valence electrons. The minimum atomic E-state index is -4.44. The normalized spacial score (nSPS) is 12.1. The second kappa shape index (κ2) is 7.44. The molecule has 0 aliphatic carbocycles. The lowest BCUT2D eigenvalue weighted by atomic mass is 9.95. The van der Waals surface area contributed by atoms with Crippen molar-refractivity contribution in [2.75, 3.05) is 6.54 Å². The number of hydrogen-bond acceptors (Lipinski definition) is 3. The Morgan fingerprint density at radius 1 is 1.14 bits per heavy atom. The molecule has 21 heavy (non-hydrogen) atoms. The van der Waals surface area contributed by atoms with E-state index in [2.05, 4.69) is 4.72 Å². The fraction of sp³-hybridized carbons (Fsp3) is 0.500. The Labute approximate surface area is 128 Å². The molecule has 4 nitrogen and oxygen atoms in total. The smallest absolute Gasteiger partial charge is 0.246 e. The first-order chi connectivity index (χ1) is 9.15. The molecule has 0 spiro atoms. The quantitative estimate of drug-likeness (QED) is 0.830. The molecular formula is C12H18ClF3N2O2S. The molecule has 0 bridgehead atoms. The Balaban J connectivity index is 0.00000400. The number of halogens is 4. The molecule has 1 aromatic carbocycles. The second-order valence-electron chi connectivity index (χ2n) is 4.59. The highest BCUT2D eigenvalue weighted by atomic mass is 35.5. The van der Waals surface area contributed by atoms with Gasteiger partial charge in [-0.2, -0.15) is 0 Å². The van der Waals surface area contributed by atoms with Gasteiger partial charge in [0, 0.05) is 24.2 Å². The Morgan fingerprint density at radius 3 is 1.95 bits per heavy atom. The van der Waals surface area contributed by atoms with Gasteiger partial charge in [-0.25, -0.2) is 26.3 Å². The number of hydrogen-bond donors (Lipinski definition) is 2. The third-order valence-electron chi connectivity index (χ3n) is 3.25. The molecule has 0 fully saturated rings. The molecule has 3 N–H and O–H groups in total. The zero-order valence-corrected chi connectivity index (χ0v) is 13.3. The monoisotopic (exact) mass is 346 g/mol. The van der Waals surface area contributed by atoms with Gasteiger partial charge in [0.2, 0.25) is 10.0 Å². The summed E-state index contributed by atoms with van der Waals surface area (Å²) in [6, 6.07) is 0.625. The van der Waals surface area contributed by atoms with Crippen LogP contribution in [0.25, 0.3) is 0 Å². The first kappa shape index (κ1) is 20.2. The van der Waals surface area contributed by atoms with E-state index in [9.17, 15) is 21.6 Å². The van der Waals surface area contributed by atoms with E-state index in [-0.39, 0.29) is 19.0 Å². The lowest BCUT2D eigenvalue weighted by molar-refractivity contribution is 0.390. The lowest BCUT2D eigenvalue weighted by Gasteiger charge is -2.26. The van der Waals surface area contributed by atoms with Crippen LogP contribution in [0.5, 0.6) is 0 Å². The highest BCUT2D eigenvalue weighted by Crippen LogP contribution is 2.20. The number of nitrogens with two attached hydrogens (primary N) is 1. The summed E-state index contributed by atoms with van der Waals surface area (Å²) in [6.45, 7) is 3.38. The molecule has 0 unspecified atom stereocenters. The molecule has 0 aliphatic rings. The summed E-state index contributed by atoms with van der Waals surface area (Å²) >= 11 is 0. The maximum atomic E-state index is 13.5. The van der Waals surface area contributed by atoms with Crippen molar-refractivity contribution in [3.63, 3.8) is 0 Å². The van der Waals surface area contributed by atoms with Crippen molar-refractivity contribution in [1.82, 2.24) is 4.72 Å². The third kappa shape index (κ3) is 4.84. The molecule has 0 saturated heterocycles. The first-order valence-corrected chi connectivity index (χ1v) is 7.56. The Kier molecular flexibility index (Phi) is 7.14. The lowest BCUT2D eigenvalue weighted by Crippen LogP contribution is -2.49. The van der Waals surface area contributed by atoms with E-state index in [1.165, 1.54) is 0 Å². The number of nitrogens with one attached hydrogen (secondary N) is 1. The van der Waals surface area contributed by atoms with Gasteiger partial charge < -0.3 is 5.73 Å².